The Labute approximate surface area is 123 Å². The standard InChI is InChI=1S/C17H20N2O2/c20-17(21)11-5-6-13-12(9-11)15-14(19-13)7-8-18-16(15)10-3-1-2-4-10/h5-6,9-10,16,18-19H,1-4,7-8H2,(H,20,21). The van der Waals surface area contributed by atoms with Gasteiger partial charge in [0.1, 0.15) is 0 Å². The van der Waals surface area contributed by atoms with E-state index in [1.807, 2.05) is 12.1 Å². The molecule has 2 heterocycles. The number of H-pyrrole nitrogens is 1. The predicted octanol–water partition coefficient (Wildman–Crippen LogP) is 3.24. The molecule has 3 N–H and O–H groups in total. The fraction of sp³-hybridized carbons (Fsp3) is 0.471. The summed E-state index contributed by atoms with van der Waals surface area (Å²) in [7, 11) is 0. The Bertz CT molecular complexity index is 698. The van der Waals surface area contributed by atoms with Crippen molar-refractivity contribution in [3.05, 3.63) is 35.0 Å². The van der Waals surface area contributed by atoms with Crippen LogP contribution in [-0.2, 0) is 6.42 Å². The molecule has 0 bridgehead atoms. The maximum absolute atomic E-state index is 11.2. The van der Waals surface area contributed by atoms with Crippen molar-refractivity contribution in [2.24, 2.45) is 5.92 Å². The SMILES string of the molecule is O=C(O)c1ccc2[nH]c3c(c2c1)C(C1CCCC1)NCC3. The third-order valence-corrected chi connectivity index (χ3v) is 5.09. The summed E-state index contributed by atoms with van der Waals surface area (Å²) in [5.74, 6) is -0.162. The topological polar surface area (TPSA) is 65.1 Å². The number of hydrogen-bond acceptors (Lipinski definition) is 2. The highest BCUT2D eigenvalue weighted by Crippen LogP contribution is 2.41. The second-order valence-corrected chi connectivity index (χ2v) is 6.31. The van der Waals surface area contributed by atoms with Gasteiger partial charge in [-0.3, -0.25) is 0 Å². The van der Waals surface area contributed by atoms with Crippen molar-refractivity contribution in [3.63, 3.8) is 0 Å². The van der Waals surface area contributed by atoms with Gasteiger partial charge in [0.15, 0.2) is 0 Å². The Hall–Kier alpha value is -1.81. The minimum atomic E-state index is -0.854. The number of aromatic amines is 1. The maximum atomic E-state index is 11.2. The highest BCUT2D eigenvalue weighted by molar-refractivity contribution is 5.95. The van der Waals surface area contributed by atoms with Crippen LogP contribution in [0.5, 0.6) is 0 Å². The molecule has 1 atom stereocenters. The van der Waals surface area contributed by atoms with Gasteiger partial charge in [0.05, 0.1) is 5.56 Å². The fourth-order valence-corrected chi connectivity index (χ4v) is 4.10. The van der Waals surface area contributed by atoms with Gasteiger partial charge in [-0.05, 0) is 42.5 Å². The van der Waals surface area contributed by atoms with Crippen LogP contribution < -0.4 is 5.32 Å². The van der Waals surface area contributed by atoms with Crippen LogP contribution in [0.25, 0.3) is 10.9 Å². The monoisotopic (exact) mass is 284 g/mol. The number of aromatic carboxylic acids is 1. The molecule has 1 aromatic carbocycles. The molecule has 2 aliphatic rings. The zero-order chi connectivity index (χ0) is 14.4. The molecule has 1 aliphatic heterocycles. The molecule has 21 heavy (non-hydrogen) atoms. The van der Waals surface area contributed by atoms with Gasteiger partial charge >= 0.3 is 5.97 Å². The van der Waals surface area contributed by atoms with Crippen LogP contribution in [0.15, 0.2) is 18.2 Å². The van der Waals surface area contributed by atoms with Crippen LogP contribution in [0.4, 0.5) is 0 Å². The number of fused-ring (bicyclic) bond motifs is 3. The molecule has 0 amide bonds. The van der Waals surface area contributed by atoms with E-state index < -0.39 is 5.97 Å². The van der Waals surface area contributed by atoms with Crippen LogP contribution in [0.2, 0.25) is 0 Å². The largest absolute Gasteiger partial charge is 0.478 e. The number of hydrogen-bond donors (Lipinski definition) is 3. The van der Waals surface area contributed by atoms with Crippen molar-refractivity contribution >= 4 is 16.9 Å². The lowest BCUT2D eigenvalue weighted by Gasteiger charge is -2.29. The van der Waals surface area contributed by atoms with E-state index in [9.17, 15) is 9.90 Å². The zero-order valence-electron chi connectivity index (χ0n) is 12.0. The summed E-state index contributed by atoms with van der Waals surface area (Å²) >= 11 is 0. The molecule has 0 saturated heterocycles. The molecule has 0 radical (unpaired) electrons. The smallest absolute Gasteiger partial charge is 0.335 e. The van der Waals surface area contributed by atoms with Gasteiger partial charge < -0.3 is 15.4 Å². The van der Waals surface area contributed by atoms with E-state index in [4.69, 9.17) is 0 Å². The van der Waals surface area contributed by atoms with Crippen molar-refractivity contribution in [3.8, 4) is 0 Å². The third-order valence-electron chi connectivity index (χ3n) is 5.09. The van der Waals surface area contributed by atoms with Crippen molar-refractivity contribution in [1.82, 2.24) is 10.3 Å². The number of rotatable bonds is 2. The van der Waals surface area contributed by atoms with Crippen LogP contribution in [0.3, 0.4) is 0 Å². The number of carboxylic acids is 1. The van der Waals surface area contributed by atoms with Gasteiger partial charge in [-0.25, -0.2) is 4.79 Å². The first-order chi connectivity index (χ1) is 10.2. The lowest BCUT2D eigenvalue weighted by atomic mass is 9.86. The highest BCUT2D eigenvalue weighted by atomic mass is 16.4. The molecule has 4 rings (SSSR count). The summed E-state index contributed by atoms with van der Waals surface area (Å²) in [5.41, 5.74) is 4.06. The molecule has 1 saturated carbocycles. The predicted molar refractivity (Wildman–Crippen MR) is 81.7 cm³/mol. The van der Waals surface area contributed by atoms with Gasteiger partial charge in [-0.2, -0.15) is 0 Å². The average molecular weight is 284 g/mol. The second-order valence-electron chi connectivity index (χ2n) is 6.31. The van der Waals surface area contributed by atoms with E-state index in [1.165, 1.54) is 36.9 Å². The summed E-state index contributed by atoms with van der Waals surface area (Å²) in [4.78, 5) is 14.7. The third kappa shape index (κ3) is 2.05. The molecule has 0 spiro atoms. The van der Waals surface area contributed by atoms with Gasteiger partial charge in [-0.1, -0.05) is 12.8 Å². The maximum Gasteiger partial charge on any atom is 0.335 e. The summed E-state index contributed by atoms with van der Waals surface area (Å²) in [6.07, 6.45) is 6.20. The first-order valence-electron chi connectivity index (χ1n) is 7.85. The number of carbonyl (C=O) groups is 1. The summed E-state index contributed by atoms with van der Waals surface area (Å²) < 4.78 is 0. The van der Waals surface area contributed by atoms with Gasteiger partial charge in [-0.15, -0.1) is 0 Å². The van der Waals surface area contributed by atoms with Crippen molar-refractivity contribution in [2.45, 2.75) is 38.1 Å². The van der Waals surface area contributed by atoms with Gasteiger partial charge in [0.2, 0.25) is 0 Å². The summed E-state index contributed by atoms with van der Waals surface area (Å²) in [5, 5.41) is 14.0. The highest BCUT2D eigenvalue weighted by Gasteiger charge is 2.32. The average Bonchev–Trinajstić information content (AvgIpc) is 3.13. The van der Waals surface area contributed by atoms with Crippen LogP contribution >= 0.6 is 0 Å². The molecule has 4 heteroatoms. The number of carboxylic acid groups (broad SMARTS) is 1. The molecule has 1 unspecified atom stereocenters. The minimum absolute atomic E-state index is 0.375. The van der Waals surface area contributed by atoms with Crippen molar-refractivity contribution in [1.29, 1.82) is 0 Å². The molecular weight excluding hydrogens is 264 g/mol. The number of benzene rings is 1. The van der Waals surface area contributed by atoms with Crippen LogP contribution in [-0.4, -0.2) is 22.6 Å². The zero-order valence-corrected chi connectivity index (χ0v) is 12.0. The Morgan fingerprint density at radius 3 is 2.81 bits per heavy atom. The quantitative estimate of drug-likeness (QED) is 0.793. The van der Waals surface area contributed by atoms with Gasteiger partial charge in [0, 0.05) is 35.6 Å². The van der Waals surface area contributed by atoms with Crippen LogP contribution in [0, 0.1) is 5.92 Å². The van der Waals surface area contributed by atoms with E-state index in [-0.39, 0.29) is 0 Å². The fourth-order valence-electron chi connectivity index (χ4n) is 4.10. The summed E-state index contributed by atoms with van der Waals surface area (Å²) in [6, 6.07) is 5.81. The summed E-state index contributed by atoms with van der Waals surface area (Å²) in [6.45, 7) is 1.01. The molecule has 110 valence electrons. The van der Waals surface area contributed by atoms with E-state index >= 15 is 0 Å². The van der Waals surface area contributed by atoms with Crippen LogP contribution in [0.1, 0.15) is 53.3 Å². The van der Waals surface area contributed by atoms with Crippen molar-refractivity contribution < 1.29 is 9.90 Å². The first kappa shape index (κ1) is 12.9. The Kier molecular flexibility index (Phi) is 3.00. The first-order valence-corrected chi connectivity index (χ1v) is 7.85. The molecule has 1 aromatic heterocycles. The molecule has 4 nitrogen and oxygen atoms in total. The molecule has 1 fully saturated rings. The van der Waals surface area contributed by atoms with E-state index in [0.717, 1.165) is 23.9 Å². The minimum Gasteiger partial charge on any atom is -0.478 e. The van der Waals surface area contributed by atoms with E-state index in [0.29, 0.717) is 17.5 Å². The number of nitrogens with one attached hydrogen (secondary N) is 2. The van der Waals surface area contributed by atoms with E-state index in [1.54, 1.807) is 6.07 Å². The number of aromatic nitrogens is 1. The Balaban J connectivity index is 1.86. The Morgan fingerprint density at radius 2 is 2.05 bits per heavy atom. The molecular formula is C17H20N2O2. The van der Waals surface area contributed by atoms with E-state index in [2.05, 4.69) is 10.3 Å². The molecule has 1 aliphatic carbocycles. The van der Waals surface area contributed by atoms with Crippen molar-refractivity contribution in [2.75, 3.05) is 6.54 Å². The Morgan fingerprint density at radius 1 is 1.24 bits per heavy atom. The lowest BCUT2D eigenvalue weighted by molar-refractivity contribution is 0.0697. The molecule has 2 aromatic rings. The second kappa shape index (κ2) is 4.88. The lowest BCUT2D eigenvalue weighted by Crippen LogP contribution is -2.33. The normalized spacial score (nSPS) is 22.6. The van der Waals surface area contributed by atoms with Gasteiger partial charge in [0.25, 0.3) is 0 Å².